The molecule has 0 bridgehead atoms. The molecule has 1 aliphatic carbocycles. The Morgan fingerprint density at radius 1 is 1.00 bits per heavy atom. The second-order valence-electron chi connectivity index (χ2n) is 8.65. The average molecular weight is 384 g/mol. The zero-order chi connectivity index (χ0) is 20.0. The highest BCUT2D eigenvalue weighted by molar-refractivity contribution is 5.95. The van der Waals surface area contributed by atoms with Crippen molar-refractivity contribution in [2.45, 2.75) is 45.6 Å². The van der Waals surface area contributed by atoms with Gasteiger partial charge in [-0.05, 0) is 34.9 Å². The molecular formula is C23H24N6. The summed E-state index contributed by atoms with van der Waals surface area (Å²) in [4.78, 5) is 13.8. The lowest BCUT2D eigenvalue weighted by Crippen LogP contribution is -2.12. The van der Waals surface area contributed by atoms with E-state index in [2.05, 4.69) is 70.5 Å². The fraction of sp³-hybridized carbons (Fsp3) is 0.304. The fourth-order valence-electron chi connectivity index (χ4n) is 3.91. The van der Waals surface area contributed by atoms with Crippen LogP contribution in [0.3, 0.4) is 0 Å². The maximum absolute atomic E-state index is 4.80. The highest BCUT2D eigenvalue weighted by Crippen LogP contribution is 2.36. The third-order valence-corrected chi connectivity index (χ3v) is 5.60. The van der Waals surface area contributed by atoms with E-state index in [1.54, 1.807) is 0 Å². The van der Waals surface area contributed by atoms with Gasteiger partial charge in [-0.15, -0.1) is 0 Å². The molecule has 146 valence electrons. The van der Waals surface area contributed by atoms with Crippen LogP contribution in [0.15, 0.2) is 42.9 Å². The molecule has 0 atom stereocenters. The summed E-state index contributed by atoms with van der Waals surface area (Å²) in [6, 6.07) is 8.74. The molecule has 0 saturated heterocycles. The summed E-state index contributed by atoms with van der Waals surface area (Å²) < 4.78 is 0. The molecule has 3 aromatic heterocycles. The van der Waals surface area contributed by atoms with Crippen LogP contribution < -0.4 is 5.32 Å². The van der Waals surface area contributed by atoms with Crippen LogP contribution in [-0.2, 0) is 24.8 Å². The van der Waals surface area contributed by atoms with Crippen molar-refractivity contribution < 1.29 is 0 Å². The first-order valence-corrected chi connectivity index (χ1v) is 9.99. The van der Waals surface area contributed by atoms with Crippen molar-refractivity contribution in [3.05, 3.63) is 65.2 Å². The zero-order valence-corrected chi connectivity index (χ0v) is 17.0. The van der Waals surface area contributed by atoms with E-state index in [4.69, 9.17) is 4.98 Å². The van der Waals surface area contributed by atoms with E-state index < -0.39 is 0 Å². The Morgan fingerprint density at radius 3 is 2.62 bits per heavy atom. The molecule has 5 rings (SSSR count). The number of aromatic nitrogens is 5. The number of aromatic amines is 1. The van der Waals surface area contributed by atoms with E-state index in [-0.39, 0.29) is 5.41 Å². The number of nitrogens with zero attached hydrogens (tertiary/aromatic N) is 4. The second kappa shape index (κ2) is 6.65. The predicted molar refractivity (Wildman–Crippen MR) is 115 cm³/mol. The molecule has 0 saturated carbocycles. The van der Waals surface area contributed by atoms with Crippen molar-refractivity contribution in [2.75, 3.05) is 5.32 Å². The molecule has 0 spiro atoms. The number of aryl methyl sites for hydroxylation is 2. The highest BCUT2D eigenvalue weighted by Gasteiger charge is 2.22. The first-order valence-electron chi connectivity index (χ1n) is 9.99. The Bertz CT molecular complexity index is 1180. The van der Waals surface area contributed by atoms with Crippen LogP contribution in [-0.4, -0.2) is 25.1 Å². The normalized spacial score (nSPS) is 13.2. The Kier molecular flexibility index (Phi) is 4.08. The highest BCUT2D eigenvalue weighted by atomic mass is 15.1. The zero-order valence-electron chi connectivity index (χ0n) is 17.0. The number of H-pyrrole nitrogens is 1. The molecule has 4 aromatic rings. The van der Waals surface area contributed by atoms with Crippen LogP contribution in [0.4, 0.5) is 5.95 Å². The van der Waals surface area contributed by atoms with Crippen LogP contribution in [0, 0.1) is 0 Å². The van der Waals surface area contributed by atoms with Gasteiger partial charge < -0.3 is 5.32 Å². The molecule has 0 aliphatic heterocycles. The lowest BCUT2D eigenvalue weighted by atomic mass is 9.87. The molecule has 3 heterocycles. The average Bonchev–Trinajstić information content (AvgIpc) is 3.20. The van der Waals surface area contributed by atoms with E-state index in [0.717, 1.165) is 40.7 Å². The van der Waals surface area contributed by atoms with Crippen LogP contribution >= 0.6 is 0 Å². The van der Waals surface area contributed by atoms with E-state index in [9.17, 15) is 0 Å². The molecule has 0 amide bonds. The van der Waals surface area contributed by atoms with Gasteiger partial charge in [-0.1, -0.05) is 45.0 Å². The summed E-state index contributed by atoms with van der Waals surface area (Å²) in [7, 11) is 0. The van der Waals surface area contributed by atoms with Gasteiger partial charge in [0.15, 0.2) is 5.65 Å². The van der Waals surface area contributed by atoms with Crippen molar-refractivity contribution in [3.8, 4) is 11.1 Å². The van der Waals surface area contributed by atoms with E-state index in [0.29, 0.717) is 12.5 Å². The van der Waals surface area contributed by atoms with Crippen molar-refractivity contribution in [1.82, 2.24) is 25.1 Å². The quantitative estimate of drug-likeness (QED) is 0.546. The van der Waals surface area contributed by atoms with Gasteiger partial charge in [-0.25, -0.2) is 15.0 Å². The summed E-state index contributed by atoms with van der Waals surface area (Å²) in [5.41, 5.74) is 8.08. The Morgan fingerprint density at radius 2 is 1.83 bits per heavy atom. The van der Waals surface area contributed by atoms with Gasteiger partial charge in [-0.3, -0.25) is 5.10 Å². The van der Waals surface area contributed by atoms with E-state index in [1.165, 1.54) is 16.7 Å². The third-order valence-electron chi connectivity index (χ3n) is 5.60. The van der Waals surface area contributed by atoms with Crippen LogP contribution in [0.5, 0.6) is 0 Å². The number of hydrogen-bond donors (Lipinski definition) is 2. The van der Waals surface area contributed by atoms with Crippen molar-refractivity contribution in [3.63, 3.8) is 0 Å². The monoisotopic (exact) mass is 384 g/mol. The topological polar surface area (TPSA) is 79.4 Å². The Hall–Kier alpha value is -3.28. The minimum Gasteiger partial charge on any atom is -0.350 e. The van der Waals surface area contributed by atoms with Gasteiger partial charge in [0.2, 0.25) is 5.95 Å². The van der Waals surface area contributed by atoms with Gasteiger partial charge in [0, 0.05) is 35.5 Å². The van der Waals surface area contributed by atoms with Gasteiger partial charge in [-0.2, -0.15) is 5.10 Å². The van der Waals surface area contributed by atoms with Gasteiger partial charge in [0.1, 0.15) is 0 Å². The standard InChI is InChI=1S/C23H24N6/c1-23(2,3)16-7-4-14(5-8-16)10-25-22-26-12-17-19(28-22)9-6-15-11-24-21-18(20(15)17)13-27-29-21/h4-5,7-8,11-13H,6,9-10H2,1-3H3,(H,24,27,29)(H,25,26,28). The molecule has 6 nitrogen and oxygen atoms in total. The summed E-state index contributed by atoms with van der Waals surface area (Å²) in [5, 5.41) is 11.5. The number of nitrogens with one attached hydrogen (secondary N) is 2. The fourth-order valence-corrected chi connectivity index (χ4v) is 3.91. The Labute approximate surface area is 169 Å². The SMILES string of the molecule is CC(C)(C)c1ccc(CNc2ncc3c(n2)CCc2cnc4[nH]ncc4c2-3)cc1. The molecule has 2 N–H and O–H groups in total. The summed E-state index contributed by atoms with van der Waals surface area (Å²) in [6.45, 7) is 7.39. The maximum atomic E-state index is 4.80. The Balaban J connectivity index is 1.39. The molecule has 0 unspecified atom stereocenters. The van der Waals surface area contributed by atoms with Crippen LogP contribution in [0.25, 0.3) is 22.2 Å². The van der Waals surface area contributed by atoms with Crippen molar-refractivity contribution in [2.24, 2.45) is 0 Å². The third kappa shape index (κ3) is 3.24. The predicted octanol–water partition coefficient (Wildman–Crippen LogP) is 4.42. The number of benzene rings is 1. The molecule has 1 aliphatic rings. The molecule has 0 fully saturated rings. The maximum Gasteiger partial charge on any atom is 0.223 e. The largest absolute Gasteiger partial charge is 0.350 e. The summed E-state index contributed by atoms with van der Waals surface area (Å²) in [6.07, 6.45) is 7.53. The van der Waals surface area contributed by atoms with Crippen molar-refractivity contribution >= 4 is 17.0 Å². The first-order chi connectivity index (χ1) is 14.0. The lowest BCUT2D eigenvalue weighted by Gasteiger charge is -2.20. The number of hydrogen-bond acceptors (Lipinski definition) is 5. The number of pyridine rings is 1. The van der Waals surface area contributed by atoms with Gasteiger partial charge in [0.05, 0.1) is 11.9 Å². The van der Waals surface area contributed by atoms with E-state index in [1.807, 2.05) is 18.6 Å². The van der Waals surface area contributed by atoms with Gasteiger partial charge in [0.25, 0.3) is 0 Å². The minimum absolute atomic E-state index is 0.166. The van der Waals surface area contributed by atoms with Gasteiger partial charge >= 0.3 is 0 Å². The smallest absolute Gasteiger partial charge is 0.223 e. The van der Waals surface area contributed by atoms with Crippen LogP contribution in [0.1, 0.15) is 43.2 Å². The molecule has 29 heavy (non-hydrogen) atoms. The molecule has 1 aromatic carbocycles. The molecular weight excluding hydrogens is 360 g/mol. The number of rotatable bonds is 3. The first kappa shape index (κ1) is 17.8. The number of fused-ring (bicyclic) bond motifs is 5. The summed E-state index contributed by atoms with van der Waals surface area (Å²) in [5.74, 6) is 0.671. The van der Waals surface area contributed by atoms with Crippen molar-refractivity contribution in [1.29, 1.82) is 0 Å². The lowest BCUT2D eigenvalue weighted by molar-refractivity contribution is 0.590. The molecule has 0 radical (unpaired) electrons. The second-order valence-corrected chi connectivity index (χ2v) is 8.65. The number of anilines is 1. The van der Waals surface area contributed by atoms with E-state index >= 15 is 0 Å². The molecule has 6 heteroatoms. The minimum atomic E-state index is 0.166. The summed E-state index contributed by atoms with van der Waals surface area (Å²) >= 11 is 0. The van der Waals surface area contributed by atoms with Crippen LogP contribution in [0.2, 0.25) is 0 Å².